The van der Waals surface area contributed by atoms with Crippen molar-refractivity contribution in [3.63, 3.8) is 0 Å². The summed E-state index contributed by atoms with van der Waals surface area (Å²) in [6.45, 7) is 6.41. The van der Waals surface area contributed by atoms with E-state index in [1.165, 1.54) is 24.7 Å². The normalized spacial score (nSPS) is 13.9. The molecular weight excluding hydrogens is 684 g/mol. The predicted molar refractivity (Wildman–Crippen MR) is 195 cm³/mol. The molecule has 0 fully saturated rings. The lowest BCUT2D eigenvalue weighted by atomic mass is 9.98. The number of aromatic amines is 1. The van der Waals surface area contributed by atoms with Crippen LogP contribution in [0.1, 0.15) is 50.9 Å². The highest BCUT2D eigenvalue weighted by Crippen LogP contribution is 2.14. The molecule has 0 aliphatic rings. The minimum absolute atomic E-state index is 0.00309. The number of carboxylic acid groups (broad SMARTS) is 1. The first-order chi connectivity index (χ1) is 25.1. The fourth-order valence-electron chi connectivity index (χ4n) is 5.45. The minimum Gasteiger partial charge on any atom is -0.508 e. The van der Waals surface area contributed by atoms with Crippen molar-refractivity contribution in [3.8, 4) is 5.75 Å². The van der Waals surface area contributed by atoms with E-state index in [0.717, 1.165) is 5.56 Å². The van der Waals surface area contributed by atoms with Gasteiger partial charge in [-0.15, -0.1) is 0 Å². The lowest BCUT2D eigenvalue weighted by molar-refractivity contribution is -0.139. The maximum Gasteiger partial charge on any atom is 0.322 e. The molecule has 0 unspecified atom stereocenters. The Morgan fingerprint density at radius 2 is 1.26 bits per heavy atom. The second-order valence-corrected chi connectivity index (χ2v) is 13.6. The van der Waals surface area contributed by atoms with E-state index in [2.05, 4.69) is 36.6 Å². The quantitative estimate of drug-likeness (QED) is 0.0768. The molecule has 16 nitrogen and oxygen atoms in total. The molecular formula is C37H50N8O8. The van der Waals surface area contributed by atoms with Crippen LogP contribution in [-0.2, 0) is 48.0 Å². The Labute approximate surface area is 308 Å². The summed E-state index contributed by atoms with van der Waals surface area (Å²) < 4.78 is 0. The Bertz CT molecular complexity index is 1670. The van der Waals surface area contributed by atoms with Gasteiger partial charge in [0.2, 0.25) is 29.5 Å². The maximum absolute atomic E-state index is 14.0. The fraction of sp³-hybridized carbons (Fsp3) is 0.432. The van der Waals surface area contributed by atoms with E-state index in [4.69, 9.17) is 10.8 Å². The molecule has 0 bridgehead atoms. The molecule has 0 aliphatic heterocycles. The van der Waals surface area contributed by atoms with Crippen LogP contribution >= 0.6 is 0 Å². The standard InChI is InChI=1S/C37H50N8O8/c1-21(2)14-28(36(52)45-32(22(3)4)37(53)40-19-31(47)48)43-35(51)30(16-24-10-12-26(46)13-11-24)44-34(50)29(15-23-8-6-5-7-9-23)42-33(49)27(38)17-25-18-39-20-41-25/h5-13,18,20-22,27-30,32,46H,14-17,19,38H2,1-4H3,(H,39,41)(H,40,53)(H,42,49)(H,43,51)(H,44,50)(H,45,52)(H,47,48)/t27-,28-,29-,30-,32-/m0/s1. The molecule has 53 heavy (non-hydrogen) atoms. The van der Waals surface area contributed by atoms with E-state index in [1.807, 2.05) is 19.9 Å². The molecule has 286 valence electrons. The summed E-state index contributed by atoms with van der Waals surface area (Å²) in [5.41, 5.74) is 8.11. The van der Waals surface area contributed by atoms with Crippen molar-refractivity contribution in [1.29, 1.82) is 0 Å². The van der Waals surface area contributed by atoms with Gasteiger partial charge in [-0.1, -0.05) is 70.2 Å². The van der Waals surface area contributed by atoms with E-state index in [9.17, 15) is 33.9 Å². The zero-order valence-corrected chi connectivity index (χ0v) is 30.3. The summed E-state index contributed by atoms with van der Waals surface area (Å²) >= 11 is 0. The SMILES string of the molecule is CC(C)C[C@H](NC(=O)[C@H](Cc1ccc(O)cc1)NC(=O)[C@H](Cc1ccccc1)NC(=O)[C@@H](N)Cc1cnc[nH]1)C(=O)N[C@H](C(=O)NCC(=O)O)C(C)C. The summed E-state index contributed by atoms with van der Waals surface area (Å²) in [6, 6.07) is 9.33. The second kappa shape index (κ2) is 20.3. The van der Waals surface area contributed by atoms with E-state index in [0.29, 0.717) is 11.3 Å². The molecule has 2 aromatic carbocycles. The lowest BCUT2D eigenvalue weighted by Gasteiger charge is -2.28. The number of aromatic hydroxyl groups is 1. The number of aliphatic carboxylic acids is 1. The van der Waals surface area contributed by atoms with Crippen molar-refractivity contribution in [2.75, 3.05) is 6.54 Å². The number of carbonyl (C=O) groups is 6. The number of hydrogen-bond acceptors (Lipinski definition) is 9. The molecule has 0 spiro atoms. The smallest absolute Gasteiger partial charge is 0.322 e. The molecule has 0 saturated carbocycles. The van der Waals surface area contributed by atoms with E-state index >= 15 is 0 Å². The number of carbonyl (C=O) groups excluding carboxylic acids is 5. The molecule has 0 radical (unpaired) electrons. The van der Waals surface area contributed by atoms with Gasteiger partial charge in [-0.05, 0) is 41.5 Å². The molecule has 3 rings (SSSR count). The lowest BCUT2D eigenvalue weighted by Crippen LogP contribution is -2.60. The predicted octanol–water partition coefficient (Wildman–Crippen LogP) is 0.313. The molecule has 0 saturated heterocycles. The number of aromatic nitrogens is 2. The van der Waals surface area contributed by atoms with Gasteiger partial charge < -0.3 is 47.5 Å². The monoisotopic (exact) mass is 734 g/mol. The fourth-order valence-corrected chi connectivity index (χ4v) is 5.45. The molecule has 16 heteroatoms. The van der Waals surface area contributed by atoms with Crippen molar-refractivity contribution in [2.45, 2.75) is 83.6 Å². The topological polar surface area (TPSA) is 258 Å². The number of amides is 5. The van der Waals surface area contributed by atoms with Crippen molar-refractivity contribution in [1.82, 2.24) is 36.6 Å². The zero-order valence-electron chi connectivity index (χ0n) is 30.3. The molecule has 5 atom stereocenters. The summed E-state index contributed by atoms with van der Waals surface area (Å²) in [7, 11) is 0. The highest BCUT2D eigenvalue weighted by molar-refractivity contribution is 5.96. The third-order valence-electron chi connectivity index (χ3n) is 8.26. The van der Waals surface area contributed by atoms with Gasteiger partial charge in [0.1, 0.15) is 36.5 Å². The van der Waals surface area contributed by atoms with Gasteiger partial charge in [-0.25, -0.2) is 4.98 Å². The molecule has 3 aromatic rings. The van der Waals surface area contributed by atoms with E-state index in [1.54, 1.807) is 50.2 Å². The summed E-state index contributed by atoms with van der Waals surface area (Å²) in [5.74, 6) is -5.14. The van der Waals surface area contributed by atoms with Crippen LogP contribution in [0.25, 0.3) is 0 Å². The van der Waals surface area contributed by atoms with Crippen LogP contribution in [0, 0.1) is 11.8 Å². The number of imidazole rings is 1. The second-order valence-electron chi connectivity index (χ2n) is 13.6. The van der Waals surface area contributed by atoms with Crippen molar-refractivity contribution in [2.24, 2.45) is 17.6 Å². The average molecular weight is 735 g/mol. The third-order valence-corrected chi connectivity index (χ3v) is 8.26. The van der Waals surface area contributed by atoms with Crippen LogP contribution in [-0.4, -0.2) is 92.4 Å². The van der Waals surface area contributed by atoms with E-state index < -0.39 is 78.2 Å². The number of hydrogen-bond donors (Lipinski definition) is 9. The number of nitrogens with one attached hydrogen (secondary N) is 6. The maximum atomic E-state index is 14.0. The number of phenols is 1. The third kappa shape index (κ3) is 14.1. The Hall–Kier alpha value is -5.77. The first-order valence-electron chi connectivity index (χ1n) is 17.4. The van der Waals surface area contributed by atoms with Gasteiger partial charge in [-0.3, -0.25) is 28.8 Å². The van der Waals surface area contributed by atoms with Crippen LogP contribution < -0.4 is 32.3 Å². The van der Waals surface area contributed by atoms with E-state index in [-0.39, 0.29) is 37.4 Å². The molecule has 1 aromatic heterocycles. The summed E-state index contributed by atoms with van der Waals surface area (Å²) in [4.78, 5) is 85.5. The molecule has 1 heterocycles. The molecule has 10 N–H and O–H groups in total. The van der Waals surface area contributed by atoms with Gasteiger partial charge in [0, 0.05) is 31.2 Å². The van der Waals surface area contributed by atoms with Crippen LogP contribution in [0.15, 0.2) is 67.1 Å². The van der Waals surface area contributed by atoms with Crippen LogP contribution in [0.2, 0.25) is 0 Å². The summed E-state index contributed by atoms with van der Waals surface area (Å²) in [6.07, 6.45) is 3.32. The highest BCUT2D eigenvalue weighted by atomic mass is 16.4. The van der Waals surface area contributed by atoms with Gasteiger partial charge in [-0.2, -0.15) is 0 Å². The minimum atomic E-state index is -1.26. The van der Waals surface area contributed by atoms with Crippen molar-refractivity contribution >= 4 is 35.5 Å². The highest BCUT2D eigenvalue weighted by Gasteiger charge is 2.33. The Morgan fingerprint density at radius 1 is 0.717 bits per heavy atom. The molecule has 5 amide bonds. The van der Waals surface area contributed by atoms with Crippen LogP contribution in [0.3, 0.4) is 0 Å². The number of carboxylic acids is 1. The number of phenolic OH excluding ortho intramolecular Hbond substituents is 1. The first-order valence-corrected chi connectivity index (χ1v) is 17.4. The van der Waals surface area contributed by atoms with Crippen molar-refractivity contribution < 1.29 is 39.0 Å². The number of H-pyrrole nitrogens is 1. The van der Waals surface area contributed by atoms with Crippen molar-refractivity contribution in [3.05, 3.63) is 83.9 Å². The summed E-state index contributed by atoms with van der Waals surface area (Å²) in [5, 5.41) is 31.9. The Balaban J connectivity index is 1.88. The number of rotatable bonds is 20. The number of nitrogens with zero attached hydrogens (tertiary/aromatic N) is 1. The van der Waals surface area contributed by atoms with Crippen LogP contribution in [0.4, 0.5) is 0 Å². The number of nitrogens with two attached hydrogens (primary N) is 1. The Morgan fingerprint density at radius 3 is 1.79 bits per heavy atom. The largest absolute Gasteiger partial charge is 0.508 e. The first kappa shape index (κ1) is 41.6. The van der Waals surface area contributed by atoms with Crippen LogP contribution in [0.5, 0.6) is 5.75 Å². The van der Waals surface area contributed by atoms with Gasteiger partial charge in [0.05, 0.1) is 12.4 Å². The number of benzene rings is 2. The van der Waals surface area contributed by atoms with Gasteiger partial charge in [0.25, 0.3) is 0 Å². The van der Waals surface area contributed by atoms with Gasteiger partial charge >= 0.3 is 5.97 Å². The Kier molecular flexibility index (Phi) is 16.0. The van der Waals surface area contributed by atoms with Gasteiger partial charge in [0.15, 0.2) is 0 Å². The molecule has 0 aliphatic carbocycles. The average Bonchev–Trinajstić information content (AvgIpc) is 3.62. The zero-order chi connectivity index (χ0) is 39.1.